The Morgan fingerprint density at radius 3 is 2.47 bits per heavy atom. The van der Waals surface area contributed by atoms with Crippen molar-refractivity contribution in [2.45, 2.75) is 30.5 Å². The quantitative estimate of drug-likeness (QED) is 0.501. The summed E-state index contributed by atoms with van der Waals surface area (Å²) in [6.07, 6.45) is 0.919. The lowest BCUT2D eigenvalue weighted by molar-refractivity contribution is 0.0706. The average molecular weight is 422 g/mol. The molecule has 3 aromatic rings. The number of nitrogens with zero attached hydrogens (tertiary/aromatic N) is 1. The van der Waals surface area contributed by atoms with Crippen LogP contribution in [-0.2, 0) is 24.3 Å². The van der Waals surface area contributed by atoms with Crippen molar-refractivity contribution in [2.75, 3.05) is 20.8 Å². The summed E-state index contributed by atoms with van der Waals surface area (Å²) in [7, 11) is 3.40. The normalized spacial score (nSPS) is 16.9. The second kappa shape index (κ2) is 10.0. The first-order chi connectivity index (χ1) is 14.8. The van der Waals surface area contributed by atoms with Crippen molar-refractivity contribution in [3.05, 3.63) is 89.5 Å². The minimum atomic E-state index is 0.224. The number of ether oxygens (including phenoxy) is 3. The molecule has 5 heteroatoms. The molecule has 0 saturated heterocycles. The first-order valence-corrected chi connectivity index (χ1v) is 10.9. The van der Waals surface area contributed by atoms with Crippen LogP contribution in [0.25, 0.3) is 0 Å². The molecule has 3 aromatic carbocycles. The summed E-state index contributed by atoms with van der Waals surface area (Å²) in [5.41, 5.74) is 3.85. The Morgan fingerprint density at radius 2 is 1.70 bits per heavy atom. The first kappa shape index (κ1) is 20.8. The molecule has 156 valence electrons. The van der Waals surface area contributed by atoms with Crippen LogP contribution in [0.15, 0.2) is 77.7 Å². The Kier molecular flexibility index (Phi) is 6.95. The third-order valence-electron chi connectivity index (χ3n) is 5.32. The highest BCUT2D eigenvalue weighted by molar-refractivity contribution is 7.97. The Hall–Kier alpha value is -2.47. The monoisotopic (exact) mass is 421 g/mol. The van der Waals surface area contributed by atoms with E-state index in [9.17, 15) is 0 Å². The molecule has 4 rings (SSSR count). The van der Waals surface area contributed by atoms with E-state index in [-0.39, 0.29) is 6.04 Å². The summed E-state index contributed by atoms with van der Waals surface area (Å²) in [4.78, 5) is 1.04. The van der Waals surface area contributed by atoms with Crippen molar-refractivity contribution >= 4 is 11.9 Å². The van der Waals surface area contributed by atoms with Gasteiger partial charge in [0.1, 0.15) is 11.5 Å². The van der Waals surface area contributed by atoms with Gasteiger partial charge in [0.15, 0.2) is 0 Å². The highest BCUT2D eigenvalue weighted by Crippen LogP contribution is 2.38. The summed E-state index contributed by atoms with van der Waals surface area (Å²) in [6.45, 7) is 2.16. The molecule has 0 aromatic heterocycles. The zero-order chi connectivity index (χ0) is 20.8. The number of hydrogen-bond acceptors (Lipinski definition) is 5. The molecule has 1 heterocycles. The van der Waals surface area contributed by atoms with Crippen molar-refractivity contribution in [1.29, 1.82) is 0 Å². The molecule has 0 spiro atoms. The lowest BCUT2D eigenvalue weighted by Gasteiger charge is -2.33. The molecule has 0 fully saturated rings. The molecule has 0 amide bonds. The van der Waals surface area contributed by atoms with E-state index in [1.165, 1.54) is 16.7 Å². The number of hydrogen-bond donors (Lipinski definition) is 0. The van der Waals surface area contributed by atoms with Gasteiger partial charge in [0.2, 0.25) is 0 Å². The number of benzene rings is 3. The molecule has 1 aliphatic rings. The minimum absolute atomic E-state index is 0.224. The van der Waals surface area contributed by atoms with Gasteiger partial charge in [-0.05, 0) is 53.3 Å². The molecule has 0 radical (unpaired) electrons. The predicted molar refractivity (Wildman–Crippen MR) is 121 cm³/mol. The molecule has 0 aliphatic carbocycles. The highest BCUT2D eigenvalue weighted by atomic mass is 32.2. The predicted octanol–water partition coefficient (Wildman–Crippen LogP) is 5.35. The van der Waals surface area contributed by atoms with Crippen LogP contribution < -0.4 is 9.47 Å². The van der Waals surface area contributed by atoms with Crippen LogP contribution >= 0.6 is 11.9 Å². The fourth-order valence-electron chi connectivity index (χ4n) is 3.67. The van der Waals surface area contributed by atoms with E-state index in [2.05, 4.69) is 58.9 Å². The van der Waals surface area contributed by atoms with Crippen LogP contribution in [0, 0.1) is 0 Å². The van der Waals surface area contributed by atoms with E-state index in [4.69, 9.17) is 14.2 Å². The van der Waals surface area contributed by atoms with Crippen molar-refractivity contribution in [3.63, 3.8) is 0 Å². The van der Waals surface area contributed by atoms with Gasteiger partial charge in [-0.3, -0.25) is 0 Å². The van der Waals surface area contributed by atoms with Crippen molar-refractivity contribution < 1.29 is 14.2 Å². The van der Waals surface area contributed by atoms with Gasteiger partial charge in [-0.2, -0.15) is 0 Å². The van der Waals surface area contributed by atoms with Crippen molar-refractivity contribution in [3.8, 4) is 11.5 Å². The molecular weight excluding hydrogens is 394 g/mol. The summed E-state index contributed by atoms with van der Waals surface area (Å²) in [5.74, 6) is 1.66. The van der Waals surface area contributed by atoms with Crippen LogP contribution in [0.2, 0.25) is 0 Å². The van der Waals surface area contributed by atoms with Gasteiger partial charge in [0.05, 0.1) is 32.3 Å². The third kappa shape index (κ3) is 4.98. The number of fused-ring (bicyclic) bond motifs is 1. The molecular formula is C25H27NO3S. The number of methoxy groups -OCH3 is 2. The molecule has 4 nitrogen and oxygen atoms in total. The Balaban J connectivity index is 1.67. The van der Waals surface area contributed by atoms with Crippen molar-refractivity contribution in [1.82, 2.24) is 4.31 Å². The first-order valence-electron chi connectivity index (χ1n) is 10.1. The maximum atomic E-state index is 6.14. The molecule has 1 atom stereocenters. The fourth-order valence-corrected chi connectivity index (χ4v) is 4.82. The maximum absolute atomic E-state index is 6.14. The van der Waals surface area contributed by atoms with E-state index in [1.54, 1.807) is 26.2 Å². The topological polar surface area (TPSA) is 30.9 Å². The lowest BCUT2D eigenvalue weighted by atomic mass is 10.0. The van der Waals surface area contributed by atoms with E-state index < -0.39 is 0 Å². The summed E-state index contributed by atoms with van der Waals surface area (Å²) in [6, 6.07) is 25.3. The largest absolute Gasteiger partial charge is 0.497 e. The maximum Gasteiger partial charge on any atom is 0.134 e. The van der Waals surface area contributed by atoms with Crippen LogP contribution in [0.3, 0.4) is 0 Å². The van der Waals surface area contributed by atoms with Crippen LogP contribution in [0.4, 0.5) is 0 Å². The Labute approximate surface area is 182 Å². The summed E-state index contributed by atoms with van der Waals surface area (Å²) >= 11 is 1.71. The number of rotatable bonds is 6. The van der Waals surface area contributed by atoms with Gasteiger partial charge in [0, 0.05) is 12.6 Å². The fraction of sp³-hybridized carbons (Fsp3) is 0.280. The molecule has 0 saturated carbocycles. The van der Waals surface area contributed by atoms with Gasteiger partial charge in [-0.1, -0.05) is 54.6 Å². The van der Waals surface area contributed by atoms with E-state index >= 15 is 0 Å². The van der Waals surface area contributed by atoms with Gasteiger partial charge in [-0.15, -0.1) is 0 Å². The second-order valence-electron chi connectivity index (χ2n) is 7.31. The Bertz CT molecular complexity index is 964. The van der Waals surface area contributed by atoms with E-state index in [0.29, 0.717) is 13.2 Å². The van der Waals surface area contributed by atoms with Gasteiger partial charge >= 0.3 is 0 Å². The minimum Gasteiger partial charge on any atom is -0.497 e. The lowest BCUT2D eigenvalue weighted by Crippen LogP contribution is -2.37. The van der Waals surface area contributed by atoms with Crippen LogP contribution in [0.1, 0.15) is 16.7 Å². The van der Waals surface area contributed by atoms with Crippen LogP contribution in [0.5, 0.6) is 11.5 Å². The SMILES string of the molecule is COc1ccc(OC)c(SN2Cc3ccccc3COCC2Cc2ccccc2)c1. The summed E-state index contributed by atoms with van der Waals surface area (Å²) < 4.78 is 19.6. The van der Waals surface area contributed by atoms with Gasteiger partial charge < -0.3 is 14.2 Å². The molecule has 1 unspecified atom stereocenters. The Morgan fingerprint density at radius 1 is 0.933 bits per heavy atom. The van der Waals surface area contributed by atoms with Gasteiger partial charge in [0.25, 0.3) is 0 Å². The smallest absolute Gasteiger partial charge is 0.134 e. The van der Waals surface area contributed by atoms with Gasteiger partial charge in [-0.25, -0.2) is 4.31 Å². The zero-order valence-corrected chi connectivity index (χ0v) is 18.2. The van der Waals surface area contributed by atoms with Crippen LogP contribution in [-0.4, -0.2) is 31.2 Å². The summed E-state index contributed by atoms with van der Waals surface area (Å²) in [5, 5.41) is 0. The zero-order valence-electron chi connectivity index (χ0n) is 17.4. The molecule has 1 aliphatic heterocycles. The second-order valence-corrected chi connectivity index (χ2v) is 8.40. The third-order valence-corrected chi connectivity index (χ3v) is 6.50. The van der Waals surface area contributed by atoms with E-state index in [1.807, 2.05) is 18.2 Å². The highest BCUT2D eigenvalue weighted by Gasteiger charge is 2.25. The molecule has 0 bridgehead atoms. The standard InChI is InChI=1S/C25H27NO3S/c1-27-23-12-13-24(28-2)25(15-23)30-26-16-20-10-6-7-11-21(20)17-29-18-22(26)14-19-8-4-3-5-9-19/h3-13,15,22H,14,16-18H2,1-2H3. The van der Waals surface area contributed by atoms with Crippen molar-refractivity contribution in [2.24, 2.45) is 0 Å². The molecule has 30 heavy (non-hydrogen) atoms. The average Bonchev–Trinajstić information content (AvgIpc) is 2.78. The van der Waals surface area contributed by atoms with E-state index in [0.717, 1.165) is 29.4 Å². The molecule has 0 N–H and O–H groups in total.